The molecule has 1 aromatic heterocycles. The minimum atomic E-state index is -0.333. The number of aromatic amines is 1. The maximum absolute atomic E-state index is 13.0. The number of carbonyl (C=O) groups excluding carboxylic acids is 2. The normalized spacial score (nSPS) is 17.6. The number of hydrogen-bond acceptors (Lipinski definition) is 3. The van der Waals surface area contributed by atoms with Gasteiger partial charge in [-0.05, 0) is 30.0 Å². The fourth-order valence-electron chi connectivity index (χ4n) is 4.04. The molecule has 0 saturated carbocycles. The molecule has 3 aromatic rings. The van der Waals surface area contributed by atoms with Gasteiger partial charge in [0.25, 0.3) is 0 Å². The molecular formula is C24H28N4O2. The number of hydrogen-bond donors (Lipinski definition) is 2. The van der Waals surface area contributed by atoms with E-state index in [1.54, 1.807) is 4.90 Å². The van der Waals surface area contributed by atoms with Gasteiger partial charge >= 0.3 is 0 Å². The highest BCUT2D eigenvalue weighted by atomic mass is 16.2. The number of fused-ring (bicyclic) bond motifs is 1. The van der Waals surface area contributed by atoms with Crippen LogP contribution in [0.1, 0.15) is 44.1 Å². The Morgan fingerprint density at radius 3 is 2.63 bits per heavy atom. The third-order valence-corrected chi connectivity index (χ3v) is 5.56. The van der Waals surface area contributed by atoms with Crippen LogP contribution in [0.15, 0.2) is 54.6 Å². The lowest BCUT2D eigenvalue weighted by Gasteiger charge is -2.21. The topological polar surface area (TPSA) is 78.1 Å². The molecule has 6 heteroatoms. The molecule has 0 bridgehead atoms. The molecule has 2 heterocycles. The van der Waals surface area contributed by atoms with Crippen molar-refractivity contribution in [2.24, 2.45) is 11.8 Å². The lowest BCUT2D eigenvalue weighted by Crippen LogP contribution is -2.36. The predicted molar refractivity (Wildman–Crippen MR) is 116 cm³/mol. The molecule has 0 radical (unpaired) electrons. The SMILES string of the molecule is CC(C)CC(NC(=O)C1CC(=O)N(Cc2ccccc2)C1)c1nc2ccccc2[nH]1. The number of aromatic nitrogens is 2. The van der Waals surface area contributed by atoms with E-state index < -0.39 is 0 Å². The van der Waals surface area contributed by atoms with E-state index in [0.29, 0.717) is 19.0 Å². The van der Waals surface area contributed by atoms with Crippen molar-refractivity contribution < 1.29 is 9.59 Å². The Bertz CT molecular complexity index is 995. The Hall–Kier alpha value is -3.15. The summed E-state index contributed by atoms with van der Waals surface area (Å²) in [5.41, 5.74) is 2.92. The zero-order valence-corrected chi connectivity index (χ0v) is 17.5. The van der Waals surface area contributed by atoms with Crippen LogP contribution in [0.3, 0.4) is 0 Å². The second-order valence-corrected chi connectivity index (χ2v) is 8.49. The predicted octanol–water partition coefficient (Wildman–Crippen LogP) is 3.82. The summed E-state index contributed by atoms with van der Waals surface area (Å²) in [6.45, 7) is 5.25. The molecule has 4 rings (SSSR count). The molecular weight excluding hydrogens is 376 g/mol. The Balaban J connectivity index is 1.45. The summed E-state index contributed by atoms with van der Waals surface area (Å²) in [5.74, 6) is 0.778. The second kappa shape index (κ2) is 8.69. The lowest BCUT2D eigenvalue weighted by atomic mass is 10.0. The van der Waals surface area contributed by atoms with Gasteiger partial charge in [0.2, 0.25) is 11.8 Å². The van der Waals surface area contributed by atoms with Gasteiger partial charge in [0, 0.05) is 19.5 Å². The summed E-state index contributed by atoms with van der Waals surface area (Å²) in [6, 6.07) is 17.5. The van der Waals surface area contributed by atoms with Crippen LogP contribution >= 0.6 is 0 Å². The maximum atomic E-state index is 13.0. The largest absolute Gasteiger partial charge is 0.346 e. The van der Waals surface area contributed by atoms with E-state index in [0.717, 1.165) is 28.8 Å². The highest BCUT2D eigenvalue weighted by Gasteiger charge is 2.35. The quantitative estimate of drug-likeness (QED) is 0.628. The minimum Gasteiger partial charge on any atom is -0.346 e. The first-order valence-electron chi connectivity index (χ1n) is 10.6. The third kappa shape index (κ3) is 4.53. The van der Waals surface area contributed by atoms with Crippen molar-refractivity contribution in [1.29, 1.82) is 0 Å². The van der Waals surface area contributed by atoms with Crippen molar-refractivity contribution in [3.05, 3.63) is 66.0 Å². The van der Waals surface area contributed by atoms with Gasteiger partial charge in [-0.15, -0.1) is 0 Å². The van der Waals surface area contributed by atoms with E-state index in [2.05, 4.69) is 29.1 Å². The average molecular weight is 405 g/mol. The van der Waals surface area contributed by atoms with Gasteiger partial charge in [-0.2, -0.15) is 0 Å². The van der Waals surface area contributed by atoms with E-state index in [9.17, 15) is 9.59 Å². The number of nitrogens with zero attached hydrogens (tertiary/aromatic N) is 2. The first-order valence-corrected chi connectivity index (χ1v) is 10.6. The molecule has 0 spiro atoms. The molecule has 156 valence electrons. The molecule has 6 nitrogen and oxygen atoms in total. The van der Waals surface area contributed by atoms with Gasteiger partial charge in [-0.3, -0.25) is 9.59 Å². The van der Waals surface area contributed by atoms with Gasteiger partial charge in [0.1, 0.15) is 5.82 Å². The zero-order valence-electron chi connectivity index (χ0n) is 17.5. The van der Waals surface area contributed by atoms with Gasteiger partial charge in [-0.25, -0.2) is 4.98 Å². The van der Waals surface area contributed by atoms with Crippen LogP contribution in [-0.4, -0.2) is 33.2 Å². The second-order valence-electron chi connectivity index (χ2n) is 8.49. The fourth-order valence-corrected chi connectivity index (χ4v) is 4.04. The lowest BCUT2D eigenvalue weighted by molar-refractivity contribution is -0.129. The van der Waals surface area contributed by atoms with E-state index in [1.807, 2.05) is 54.6 Å². The average Bonchev–Trinajstić information content (AvgIpc) is 3.32. The Labute approximate surface area is 176 Å². The Morgan fingerprint density at radius 1 is 1.17 bits per heavy atom. The Morgan fingerprint density at radius 2 is 1.90 bits per heavy atom. The number of amides is 2. The standard InChI is InChI=1S/C24H28N4O2/c1-16(2)12-21(23-25-19-10-6-7-11-20(19)26-23)27-24(30)18-13-22(29)28(15-18)14-17-8-4-3-5-9-17/h3-11,16,18,21H,12-15H2,1-2H3,(H,25,26)(H,27,30). The van der Waals surface area contributed by atoms with Gasteiger partial charge in [-0.1, -0.05) is 56.3 Å². The van der Waals surface area contributed by atoms with Crippen LogP contribution in [0.4, 0.5) is 0 Å². The molecule has 2 N–H and O–H groups in total. The number of benzene rings is 2. The van der Waals surface area contributed by atoms with Crippen molar-refractivity contribution in [1.82, 2.24) is 20.2 Å². The first kappa shape index (κ1) is 20.1. The Kier molecular flexibility index (Phi) is 5.84. The third-order valence-electron chi connectivity index (χ3n) is 5.56. The van der Waals surface area contributed by atoms with Crippen molar-refractivity contribution in [2.45, 2.75) is 39.3 Å². The smallest absolute Gasteiger partial charge is 0.226 e. The number of H-pyrrole nitrogens is 1. The fraction of sp³-hybridized carbons (Fsp3) is 0.375. The molecule has 1 fully saturated rings. The van der Waals surface area contributed by atoms with Crippen molar-refractivity contribution >= 4 is 22.8 Å². The number of para-hydroxylation sites is 2. The van der Waals surface area contributed by atoms with Gasteiger partial charge in [0.15, 0.2) is 0 Å². The summed E-state index contributed by atoms with van der Waals surface area (Å²) in [5, 5.41) is 3.16. The van der Waals surface area contributed by atoms with Crippen molar-refractivity contribution in [3.8, 4) is 0 Å². The van der Waals surface area contributed by atoms with Crippen molar-refractivity contribution in [2.75, 3.05) is 6.54 Å². The highest BCUT2D eigenvalue weighted by Crippen LogP contribution is 2.25. The molecule has 1 saturated heterocycles. The zero-order chi connectivity index (χ0) is 21.1. The summed E-state index contributed by atoms with van der Waals surface area (Å²) >= 11 is 0. The molecule has 2 atom stereocenters. The summed E-state index contributed by atoms with van der Waals surface area (Å²) in [4.78, 5) is 35.3. The van der Waals surface area contributed by atoms with Crippen LogP contribution < -0.4 is 5.32 Å². The first-order chi connectivity index (χ1) is 14.5. The summed E-state index contributed by atoms with van der Waals surface area (Å²) < 4.78 is 0. The monoisotopic (exact) mass is 404 g/mol. The molecule has 30 heavy (non-hydrogen) atoms. The number of likely N-dealkylation sites (tertiary alicyclic amines) is 1. The number of imidazole rings is 1. The van der Waals surface area contributed by atoms with Crippen LogP contribution in [0.2, 0.25) is 0 Å². The molecule has 2 aromatic carbocycles. The van der Waals surface area contributed by atoms with Crippen molar-refractivity contribution in [3.63, 3.8) is 0 Å². The van der Waals surface area contributed by atoms with Crippen LogP contribution in [0.5, 0.6) is 0 Å². The molecule has 0 aliphatic carbocycles. The van der Waals surface area contributed by atoms with E-state index in [1.165, 1.54) is 0 Å². The molecule has 2 unspecified atom stereocenters. The summed E-state index contributed by atoms with van der Waals surface area (Å²) in [7, 11) is 0. The van der Waals surface area contributed by atoms with Crippen LogP contribution in [0, 0.1) is 11.8 Å². The van der Waals surface area contributed by atoms with Gasteiger partial charge < -0.3 is 15.2 Å². The number of carbonyl (C=O) groups is 2. The maximum Gasteiger partial charge on any atom is 0.226 e. The number of nitrogens with one attached hydrogen (secondary N) is 2. The highest BCUT2D eigenvalue weighted by molar-refractivity contribution is 5.89. The molecule has 1 aliphatic heterocycles. The van der Waals surface area contributed by atoms with E-state index in [4.69, 9.17) is 0 Å². The van der Waals surface area contributed by atoms with E-state index >= 15 is 0 Å². The van der Waals surface area contributed by atoms with E-state index in [-0.39, 0.29) is 30.2 Å². The summed E-state index contributed by atoms with van der Waals surface area (Å²) in [6.07, 6.45) is 1.03. The molecule has 1 aliphatic rings. The number of rotatable bonds is 7. The van der Waals surface area contributed by atoms with Crippen LogP contribution in [0.25, 0.3) is 11.0 Å². The minimum absolute atomic E-state index is 0.0307. The molecule has 2 amide bonds. The van der Waals surface area contributed by atoms with Gasteiger partial charge in [0.05, 0.1) is 23.0 Å². The van der Waals surface area contributed by atoms with Crippen LogP contribution in [-0.2, 0) is 16.1 Å².